The second kappa shape index (κ2) is 7.01. The van der Waals surface area contributed by atoms with Crippen LogP contribution in [0.15, 0.2) is 29.3 Å². The lowest BCUT2D eigenvalue weighted by molar-refractivity contribution is -0.123. The number of nitrogens with one attached hydrogen (secondary N) is 1. The summed E-state index contributed by atoms with van der Waals surface area (Å²) in [7, 11) is 0. The Morgan fingerprint density at radius 1 is 1.14 bits per heavy atom. The van der Waals surface area contributed by atoms with Gasteiger partial charge in [0.05, 0.1) is 11.3 Å². The molecule has 0 spiro atoms. The molecule has 4 bridgehead atoms. The molecule has 0 aliphatic heterocycles. The van der Waals surface area contributed by atoms with Gasteiger partial charge in [0.15, 0.2) is 0 Å². The number of amides is 1. The van der Waals surface area contributed by atoms with E-state index in [1.165, 1.54) is 50.3 Å². The minimum atomic E-state index is 0.133. The van der Waals surface area contributed by atoms with E-state index < -0.39 is 0 Å². The van der Waals surface area contributed by atoms with Gasteiger partial charge in [-0.3, -0.25) is 4.79 Å². The molecule has 4 nitrogen and oxygen atoms in total. The molecule has 6 rings (SSSR count). The van der Waals surface area contributed by atoms with E-state index in [0.717, 1.165) is 39.5 Å². The number of hydrogen-bond acceptors (Lipinski definition) is 4. The van der Waals surface area contributed by atoms with Crippen LogP contribution in [0.2, 0.25) is 0 Å². The zero-order valence-corrected chi connectivity index (χ0v) is 17.6. The van der Waals surface area contributed by atoms with Gasteiger partial charge in [0.2, 0.25) is 5.91 Å². The van der Waals surface area contributed by atoms with E-state index in [-0.39, 0.29) is 11.9 Å². The molecule has 5 heteroatoms. The van der Waals surface area contributed by atoms with Crippen molar-refractivity contribution >= 4 is 28.6 Å². The highest BCUT2D eigenvalue weighted by atomic mass is 32.2. The van der Waals surface area contributed by atoms with Gasteiger partial charge in [0, 0.05) is 11.4 Å². The SMILES string of the molecule is Cc1nc(SCC(=O)N[C@H](C)C23CC4CC(CC(C4)C2)C3)c2ccccc2n1. The molecule has 1 amide bonds. The number of nitrogens with zero attached hydrogens (tertiary/aromatic N) is 2. The second-order valence-electron chi connectivity index (χ2n) is 9.45. The third-order valence-corrected chi connectivity index (χ3v) is 8.39. The van der Waals surface area contributed by atoms with Crippen molar-refractivity contribution < 1.29 is 4.79 Å². The van der Waals surface area contributed by atoms with Crippen molar-refractivity contribution in [3.8, 4) is 0 Å². The maximum atomic E-state index is 12.8. The second-order valence-corrected chi connectivity index (χ2v) is 10.4. The van der Waals surface area contributed by atoms with Crippen LogP contribution in [0.3, 0.4) is 0 Å². The van der Waals surface area contributed by atoms with E-state index in [1.807, 2.05) is 31.2 Å². The molecule has 4 aliphatic rings. The molecule has 148 valence electrons. The summed E-state index contributed by atoms with van der Waals surface area (Å²) in [6.07, 6.45) is 8.29. The van der Waals surface area contributed by atoms with Crippen molar-refractivity contribution in [1.29, 1.82) is 0 Å². The zero-order chi connectivity index (χ0) is 19.3. The standard InChI is InChI=1S/C23H29N3OS/c1-14(23-10-16-7-17(11-23)9-18(8-16)12-23)24-21(27)13-28-22-19-5-3-4-6-20(19)25-15(2)26-22/h3-6,14,16-18H,7-13H2,1-2H3,(H,24,27)/t14-,16?,17?,18?,23?/m1/s1. The molecule has 4 saturated carbocycles. The van der Waals surface area contributed by atoms with Crippen LogP contribution in [-0.2, 0) is 4.79 Å². The molecule has 1 N–H and O–H groups in total. The van der Waals surface area contributed by atoms with Crippen LogP contribution in [0.4, 0.5) is 0 Å². The summed E-state index contributed by atoms with van der Waals surface area (Å²) in [5.74, 6) is 4.04. The Morgan fingerprint density at radius 2 is 1.79 bits per heavy atom. The molecule has 0 radical (unpaired) electrons. The van der Waals surface area contributed by atoms with Gasteiger partial charge in [0.1, 0.15) is 10.9 Å². The summed E-state index contributed by atoms with van der Waals surface area (Å²) in [5, 5.41) is 5.30. The quantitative estimate of drug-likeness (QED) is 0.586. The van der Waals surface area contributed by atoms with Crippen LogP contribution in [0, 0.1) is 30.1 Å². The molecule has 28 heavy (non-hydrogen) atoms. The lowest BCUT2D eigenvalue weighted by Gasteiger charge is -2.59. The lowest BCUT2D eigenvalue weighted by atomic mass is 9.48. The van der Waals surface area contributed by atoms with Crippen LogP contribution in [0.25, 0.3) is 10.9 Å². The van der Waals surface area contributed by atoms with Crippen molar-refractivity contribution in [2.45, 2.75) is 63.4 Å². The molecule has 1 aromatic carbocycles. The van der Waals surface area contributed by atoms with Crippen LogP contribution in [0.5, 0.6) is 0 Å². The molecular weight excluding hydrogens is 366 g/mol. The van der Waals surface area contributed by atoms with Crippen LogP contribution >= 0.6 is 11.8 Å². The number of para-hydroxylation sites is 1. The highest BCUT2D eigenvalue weighted by Gasteiger charge is 2.53. The number of rotatable bonds is 5. The highest BCUT2D eigenvalue weighted by Crippen LogP contribution is 2.61. The van der Waals surface area contributed by atoms with Gasteiger partial charge in [0.25, 0.3) is 0 Å². The first-order valence-electron chi connectivity index (χ1n) is 10.7. The Balaban J connectivity index is 1.25. The Kier molecular flexibility index (Phi) is 4.61. The van der Waals surface area contributed by atoms with Gasteiger partial charge in [-0.25, -0.2) is 9.97 Å². The summed E-state index contributed by atoms with van der Waals surface area (Å²) in [4.78, 5) is 21.8. The van der Waals surface area contributed by atoms with E-state index >= 15 is 0 Å². The summed E-state index contributed by atoms with van der Waals surface area (Å²) >= 11 is 1.53. The van der Waals surface area contributed by atoms with Gasteiger partial charge >= 0.3 is 0 Å². The van der Waals surface area contributed by atoms with E-state index in [9.17, 15) is 4.79 Å². The van der Waals surface area contributed by atoms with Crippen molar-refractivity contribution in [3.63, 3.8) is 0 Å². The first kappa shape index (κ1) is 18.4. The van der Waals surface area contributed by atoms with Crippen molar-refractivity contribution in [3.05, 3.63) is 30.1 Å². The van der Waals surface area contributed by atoms with E-state index in [0.29, 0.717) is 11.2 Å². The number of carbonyl (C=O) groups is 1. The Morgan fingerprint density at radius 3 is 2.46 bits per heavy atom. The van der Waals surface area contributed by atoms with Crippen molar-refractivity contribution in [1.82, 2.24) is 15.3 Å². The summed E-state index contributed by atoms with van der Waals surface area (Å²) in [6, 6.07) is 8.30. The summed E-state index contributed by atoms with van der Waals surface area (Å²) < 4.78 is 0. The monoisotopic (exact) mass is 395 g/mol. The molecule has 2 aromatic rings. The number of fused-ring (bicyclic) bond motifs is 1. The molecule has 4 aliphatic carbocycles. The molecule has 1 atom stereocenters. The normalized spacial score (nSPS) is 31.9. The summed E-state index contributed by atoms with van der Waals surface area (Å²) in [5.41, 5.74) is 1.30. The Hall–Kier alpha value is -1.62. The summed E-state index contributed by atoms with van der Waals surface area (Å²) in [6.45, 7) is 4.16. The van der Waals surface area contributed by atoms with Gasteiger partial charge in [-0.1, -0.05) is 30.0 Å². The molecule has 1 heterocycles. The molecule has 0 unspecified atom stereocenters. The van der Waals surface area contributed by atoms with Gasteiger partial charge in [-0.05, 0) is 81.6 Å². The van der Waals surface area contributed by atoms with E-state index in [1.54, 1.807) is 0 Å². The largest absolute Gasteiger partial charge is 0.352 e. The van der Waals surface area contributed by atoms with Crippen molar-refractivity contribution in [2.24, 2.45) is 23.2 Å². The lowest BCUT2D eigenvalue weighted by Crippen LogP contribution is -2.56. The minimum absolute atomic E-state index is 0.133. The maximum absolute atomic E-state index is 12.8. The smallest absolute Gasteiger partial charge is 0.230 e. The van der Waals surface area contributed by atoms with Crippen LogP contribution in [-0.4, -0.2) is 27.7 Å². The molecule has 1 aromatic heterocycles. The van der Waals surface area contributed by atoms with Gasteiger partial charge in [-0.2, -0.15) is 0 Å². The molecule has 4 fully saturated rings. The topological polar surface area (TPSA) is 54.9 Å². The average Bonchev–Trinajstić information content (AvgIpc) is 2.65. The highest BCUT2D eigenvalue weighted by molar-refractivity contribution is 8.00. The van der Waals surface area contributed by atoms with Gasteiger partial charge in [-0.15, -0.1) is 0 Å². The third-order valence-electron chi connectivity index (χ3n) is 7.40. The van der Waals surface area contributed by atoms with Crippen molar-refractivity contribution in [2.75, 3.05) is 5.75 Å². The third kappa shape index (κ3) is 3.32. The number of thioether (sulfide) groups is 1. The molecule has 0 saturated heterocycles. The van der Waals surface area contributed by atoms with Gasteiger partial charge < -0.3 is 5.32 Å². The Labute approximate surface area is 171 Å². The zero-order valence-electron chi connectivity index (χ0n) is 16.8. The number of carbonyl (C=O) groups excluding carboxylic acids is 1. The van der Waals surface area contributed by atoms with Crippen LogP contribution in [0.1, 0.15) is 51.3 Å². The average molecular weight is 396 g/mol. The maximum Gasteiger partial charge on any atom is 0.230 e. The predicted molar refractivity (Wildman–Crippen MR) is 113 cm³/mol. The predicted octanol–water partition coefficient (Wildman–Crippen LogP) is 4.75. The fourth-order valence-electron chi connectivity index (χ4n) is 6.55. The van der Waals surface area contributed by atoms with E-state index in [2.05, 4.69) is 22.2 Å². The number of benzene rings is 1. The fourth-order valence-corrected chi connectivity index (χ4v) is 7.42. The minimum Gasteiger partial charge on any atom is -0.352 e. The fraction of sp³-hybridized carbons (Fsp3) is 0.609. The number of hydrogen-bond donors (Lipinski definition) is 1. The van der Waals surface area contributed by atoms with Crippen LogP contribution < -0.4 is 5.32 Å². The number of aryl methyl sites for hydroxylation is 1. The Bertz CT molecular complexity index is 877. The first-order valence-corrected chi connectivity index (χ1v) is 11.6. The van der Waals surface area contributed by atoms with E-state index in [4.69, 9.17) is 0 Å². The first-order chi connectivity index (χ1) is 13.5. The number of aromatic nitrogens is 2. The molecular formula is C23H29N3OS.